The number of nitrogens with one attached hydrogen (secondary N) is 1. The fourth-order valence-electron chi connectivity index (χ4n) is 2.45. The van der Waals surface area contributed by atoms with Gasteiger partial charge in [-0.05, 0) is 26.3 Å². The molecule has 2 fully saturated rings. The number of morpholine rings is 1. The summed E-state index contributed by atoms with van der Waals surface area (Å²) in [5.41, 5.74) is 0. The first-order valence-electron chi connectivity index (χ1n) is 6.07. The Bertz CT molecular complexity index is 218. The van der Waals surface area contributed by atoms with Crippen molar-refractivity contribution in [2.75, 3.05) is 32.8 Å². The summed E-state index contributed by atoms with van der Waals surface area (Å²) in [4.78, 5) is 2.59. The third-order valence-corrected chi connectivity index (χ3v) is 3.33. The average Bonchev–Trinajstić information content (AvgIpc) is 2.71. The summed E-state index contributed by atoms with van der Waals surface area (Å²) in [6.45, 7) is 7.32. The van der Waals surface area contributed by atoms with Crippen LogP contribution in [0.2, 0.25) is 0 Å². The molecule has 0 amide bonds. The van der Waals surface area contributed by atoms with Gasteiger partial charge in [-0.2, -0.15) is 0 Å². The smallest absolute Gasteiger partial charge is 0.0827 e. The molecule has 0 radical (unpaired) electrons. The Kier molecular flexibility index (Phi) is 4.18. The second-order valence-electron chi connectivity index (χ2n) is 4.47. The topological polar surface area (TPSA) is 24.5 Å². The van der Waals surface area contributed by atoms with E-state index in [2.05, 4.69) is 22.4 Å². The van der Waals surface area contributed by atoms with Gasteiger partial charge in [0.25, 0.3) is 0 Å². The normalized spacial score (nSPS) is 32.3. The van der Waals surface area contributed by atoms with Crippen molar-refractivity contribution in [3.05, 3.63) is 12.2 Å². The van der Waals surface area contributed by atoms with Gasteiger partial charge >= 0.3 is 0 Å². The minimum atomic E-state index is 0.393. The Labute approximate surface area is 92.5 Å². The molecule has 15 heavy (non-hydrogen) atoms. The van der Waals surface area contributed by atoms with Crippen LogP contribution in [0.1, 0.15) is 19.8 Å². The molecule has 0 aromatic rings. The molecule has 2 aliphatic rings. The lowest BCUT2D eigenvalue weighted by molar-refractivity contribution is -0.0465. The van der Waals surface area contributed by atoms with E-state index in [1.54, 1.807) is 0 Å². The number of hydrogen-bond acceptors (Lipinski definition) is 3. The van der Waals surface area contributed by atoms with Gasteiger partial charge in [-0.15, -0.1) is 0 Å². The maximum atomic E-state index is 5.84. The third-order valence-electron chi connectivity index (χ3n) is 3.33. The Balaban J connectivity index is 1.66. The summed E-state index contributed by atoms with van der Waals surface area (Å²) in [7, 11) is 0. The second-order valence-corrected chi connectivity index (χ2v) is 4.47. The van der Waals surface area contributed by atoms with E-state index in [4.69, 9.17) is 4.74 Å². The lowest BCUT2D eigenvalue weighted by Gasteiger charge is -2.35. The first-order valence-corrected chi connectivity index (χ1v) is 6.07. The standard InChI is InChI=1S/C12H22N2O/c1-2-3-6-13-8-12-9-14-7-4-5-11(14)10-15-12/h2-3,11-13H,4-10H2,1H3/b3-2+. The maximum absolute atomic E-state index is 5.84. The van der Waals surface area contributed by atoms with Crippen LogP contribution in [0.5, 0.6) is 0 Å². The summed E-state index contributed by atoms with van der Waals surface area (Å²) >= 11 is 0. The van der Waals surface area contributed by atoms with E-state index >= 15 is 0 Å². The second kappa shape index (κ2) is 5.64. The predicted molar refractivity (Wildman–Crippen MR) is 62.0 cm³/mol. The lowest BCUT2D eigenvalue weighted by Crippen LogP contribution is -2.49. The monoisotopic (exact) mass is 210 g/mol. The SMILES string of the molecule is C/C=C/CNCC1CN2CCCC2CO1. The molecule has 2 aliphatic heterocycles. The molecule has 2 saturated heterocycles. The van der Waals surface area contributed by atoms with Crippen LogP contribution in [0.15, 0.2) is 12.2 Å². The van der Waals surface area contributed by atoms with Gasteiger partial charge in [-0.3, -0.25) is 4.90 Å². The van der Waals surface area contributed by atoms with E-state index in [1.807, 2.05) is 6.92 Å². The highest BCUT2D eigenvalue weighted by atomic mass is 16.5. The van der Waals surface area contributed by atoms with Crippen LogP contribution in [0, 0.1) is 0 Å². The van der Waals surface area contributed by atoms with Gasteiger partial charge in [0.2, 0.25) is 0 Å². The molecule has 0 saturated carbocycles. The van der Waals surface area contributed by atoms with Crippen LogP contribution in [0.3, 0.4) is 0 Å². The van der Waals surface area contributed by atoms with Crippen LogP contribution < -0.4 is 5.32 Å². The van der Waals surface area contributed by atoms with E-state index in [0.29, 0.717) is 6.10 Å². The van der Waals surface area contributed by atoms with Crippen LogP contribution >= 0.6 is 0 Å². The fraction of sp³-hybridized carbons (Fsp3) is 0.833. The number of rotatable bonds is 4. The van der Waals surface area contributed by atoms with E-state index in [1.165, 1.54) is 19.4 Å². The van der Waals surface area contributed by atoms with Gasteiger partial charge in [0.05, 0.1) is 12.7 Å². The molecule has 1 N–H and O–H groups in total. The van der Waals surface area contributed by atoms with E-state index in [-0.39, 0.29) is 0 Å². The van der Waals surface area contributed by atoms with E-state index < -0.39 is 0 Å². The van der Waals surface area contributed by atoms with Crippen molar-refractivity contribution in [1.82, 2.24) is 10.2 Å². The lowest BCUT2D eigenvalue weighted by atomic mass is 10.2. The average molecular weight is 210 g/mol. The molecule has 2 unspecified atom stereocenters. The highest BCUT2D eigenvalue weighted by Gasteiger charge is 2.31. The number of hydrogen-bond donors (Lipinski definition) is 1. The Morgan fingerprint density at radius 3 is 3.33 bits per heavy atom. The summed E-state index contributed by atoms with van der Waals surface area (Å²) in [5.74, 6) is 0. The third kappa shape index (κ3) is 3.03. The zero-order valence-electron chi connectivity index (χ0n) is 9.61. The molecular weight excluding hydrogens is 188 g/mol. The summed E-state index contributed by atoms with van der Waals surface area (Å²) < 4.78 is 5.84. The van der Waals surface area contributed by atoms with Gasteiger partial charge in [0.1, 0.15) is 0 Å². The van der Waals surface area contributed by atoms with Crippen LogP contribution in [0.4, 0.5) is 0 Å². The number of ether oxygens (including phenoxy) is 1. The molecule has 0 aliphatic carbocycles. The van der Waals surface area contributed by atoms with Crippen molar-refractivity contribution in [2.24, 2.45) is 0 Å². The fourth-order valence-corrected chi connectivity index (χ4v) is 2.45. The maximum Gasteiger partial charge on any atom is 0.0827 e. The first-order chi connectivity index (χ1) is 7.40. The molecule has 86 valence electrons. The number of fused-ring (bicyclic) bond motifs is 1. The van der Waals surface area contributed by atoms with Crippen molar-refractivity contribution >= 4 is 0 Å². The molecule has 3 heteroatoms. The molecule has 2 heterocycles. The minimum absolute atomic E-state index is 0.393. The van der Waals surface area contributed by atoms with Crippen LogP contribution in [0.25, 0.3) is 0 Å². The van der Waals surface area contributed by atoms with Crippen molar-refractivity contribution < 1.29 is 4.74 Å². The van der Waals surface area contributed by atoms with Crippen molar-refractivity contribution in [2.45, 2.75) is 31.9 Å². The quantitative estimate of drug-likeness (QED) is 0.554. The number of nitrogens with zero attached hydrogens (tertiary/aromatic N) is 1. The van der Waals surface area contributed by atoms with Crippen LogP contribution in [-0.4, -0.2) is 49.8 Å². The molecular formula is C12H22N2O. The summed E-state index contributed by atoms with van der Waals surface area (Å²) in [6, 6.07) is 0.719. The summed E-state index contributed by atoms with van der Waals surface area (Å²) in [6.07, 6.45) is 7.29. The molecule has 0 spiro atoms. The van der Waals surface area contributed by atoms with Crippen molar-refractivity contribution in [1.29, 1.82) is 0 Å². The Morgan fingerprint density at radius 2 is 2.47 bits per heavy atom. The van der Waals surface area contributed by atoms with Gasteiger partial charge < -0.3 is 10.1 Å². The van der Waals surface area contributed by atoms with Gasteiger partial charge in [0.15, 0.2) is 0 Å². The van der Waals surface area contributed by atoms with Gasteiger partial charge in [-0.25, -0.2) is 0 Å². The first kappa shape index (κ1) is 11.1. The minimum Gasteiger partial charge on any atom is -0.374 e. The molecule has 0 bridgehead atoms. The van der Waals surface area contributed by atoms with Crippen molar-refractivity contribution in [3.63, 3.8) is 0 Å². The highest BCUT2D eigenvalue weighted by Crippen LogP contribution is 2.22. The van der Waals surface area contributed by atoms with Gasteiger partial charge in [0, 0.05) is 25.7 Å². The summed E-state index contributed by atoms with van der Waals surface area (Å²) in [5, 5.41) is 3.40. The van der Waals surface area contributed by atoms with Crippen molar-refractivity contribution in [3.8, 4) is 0 Å². The Morgan fingerprint density at radius 1 is 1.53 bits per heavy atom. The Hall–Kier alpha value is -0.380. The highest BCUT2D eigenvalue weighted by molar-refractivity contribution is 4.86. The molecule has 3 nitrogen and oxygen atoms in total. The zero-order chi connectivity index (χ0) is 10.5. The molecule has 0 aromatic heterocycles. The predicted octanol–water partition coefficient (Wildman–Crippen LogP) is 1.02. The molecule has 2 rings (SSSR count). The van der Waals surface area contributed by atoms with E-state index in [0.717, 1.165) is 32.3 Å². The van der Waals surface area contributed by atoms with E-state index in [9.17, 15) is 0 Å². The molecule has 0 aromatic carbocycles. The van der Waals surface area contributed by atoms with Gasteiger partial charge in [-0.1, -0.05) is 12.2 Å². The van der Waals surface area contributed by atoms with Crippen LogP contribution in [-0.2, 0) is 4.74 Å². The largest absolute Gasteiger partial charge is 0.374 e. The zero-order valence-corrected chi connectivity index (χ0v) is 9.61. The molecule has 2 atom stereocenters. The number of allylic oxidation sites excluding steroid dienone is 1.